The van der Waals surface area contributed by atoms with Gasteiger partial charge in [0.2, 0.25) is 0 Å². The topological polar surface area (TPSA) is 99.9 Å². The number of hydrogen-bond donors (Lipinski definition) is 3. The minimum atomic E-state index is -0.542. The first-order valence-corrected chi connectivity index (χ1v) is 8.47. The van der Waals surface area contributed by atoms with E-state index in [0.29, 0.717) is 16.9 Å². The Morgan fingerprint density at radius 1 is 1.16 bits per heavy atom. The summed E-state index contributed by atoms with van der Waals surface area (Å²) in [6.45, 7) is 5.44. The molecule has 130 valence electrons. The zero-order valence-corrected chi connectivity index (χ0v) is 14.9. The van der Waals surface area contributed by atoms with Crippen molar-refractivity contribution in [2.45, 2.75) is 36.2 Å². The minimum absolute atomic E-state index is 0.285. The number of ether oxygens (including phenoxy) is 1. The largest absolute Gasteiger partial charge is 0.444 e. The van der Waals surface area contributed by atoms with Gasteiger partial charge in [0.25, 0.3) is 0 Å². The van der Waals surface area contributed by atoms with Crippen LogP contribution in [0.3, 0.4) is 0 Å². The quantitative estimate of drug-likeness (QED) is 0.662. The molecule has 3 N–H and O–H groups in total. The first-order chi connectivity index (χ1) is 11.8. The zero-order chi connectivity index (χ0) is 18.0. The van der Waals surface area contributed by atoms with Gasteiger partial charge in [-0.15, -0.1) is 0 Å². The van der Waals surface area contributed by atoms with Gasteiger partial charge in [-0.1, -0.05) is 11.8 Å². The number of rotatable bonds is 3. The molecular formula is C17H18N4O3S. The Balaban J connectivity index is 1.72. The van der Waals surface area contributed by atoms with Crippen LogP contribution in [-0.4, -0.2) is 26.6 Å². The summed E-state index contributed by atoms with van der Waals surface area (Å²) in [6, 6.07) is 9.20. The first-order valence-electron chi connectivity index (χ1n) is 7.65. The summed E-state index contributed by atoms with van der Waals surface area (Å²) in [5.41, 5.74) is 1.02. The number of aromatic amines is 2. The fourth-order valence-electron chi connectivity index (χ4n) is 2.15. The Kier molecular flexibility index (Phi) is 4.54. The second kappa shape index (κ2) is 6.64. The highest BCUT2D eigenvalue weighted by molar-refractivity contribution is 7.99. The fraction of sp³-hybridized carbons (Fsp3) is 0.235. The lowest BCUT2D eigenvalue weighted by Crippen LogP contribution is -2.27. The van der Waals surface area contributed by atoms with E-state index in [2.05, 4.69) is 20.3 Å². The van der Waals surface area contributed by atoms with Crippen LogP contribution in [0.1, 0.15) is 20.8 Å². The molecule has 0 unspecified atom stereocenters. The van der Waals surface area contributed by atoms with Gasteiger partial charge >= 0.3 is 11.8 Å². The van der Waals surface area contributed by atoms with Crippen LogP contribution in [0.25, 0.3) is 11.2 Å². The number of fused-ring (bicyclic) bond motifs is 1. The number of aromatic nitrogens is 3. The second-order valence-electron chi connectivity index (χ2n) is 6.37. The average Bonchev–Trinajstić information content (AvgIpc) is 2.88. The van der Waals surface area contributed by atoms with Crippen molar-refractivity contribution in [1.29, 1.82) is 0 Å². The lowest BCUT2D eigenvalue weighted by atomic mass is 10.2. The Labute approximate surface area is 148 Å². The van der Waals surface area contributed by atoms with Gasteiger partial charge in [-0.2, -0.15) is 0 Å². The van der Waals surface area contributed by atoms with E-state index in [0.717, 1.165) is 9.79 Å². The number of nitrogens with one attached hydrogen (secondary N) is 3. The van der Waals surface area contributed by atoms with Crippen LogP contribution in [0.4, 0.5) is 10.5 Å². The summed E-state index contributed by atoms with van der Waals surface area (Å²) in [6.07, 6.45) is 1.15. The number of benzene rings is 1. The number of hydrogen-bond acceptors (Lipinski definition) is 5. The molecule has 0 saturated heterocycles. The SMILES string of the molecule is CC(C)(C)OC(=O)Nc1ccc(Sc2ccnc3[nH]c(=O)[nH]c23)cc1. The van der Waals surface area contributed by atoms with Gasteiger partial charge in [-0.3, -0.25) is 10.3 Å². The smallest absolute Gasteiger partial charge is 0.412 e. The van der Waals surface area contributed by atoms with Gasteiger partial charge in [0, 0.05) is 21.7 Å². The fourth-order valence-corrected chi connectivity index (χ4v) is 3.06. The lowest BCUT2D eigenvalue weighted by molar-refractivity contribution is 0.0636. The highest BCUT2D eigenvalue weighted by Crippen LogP contribution is 2.31. The molecule has 0 aliphatic rings. The normalized spacial score (nSPS) is 11.5. The molecular weight excluding hydrogens is 340 g/mol. The third-order valence-electron chi connectivity index (χ3n) is 3.11. The van der Waals surface area contributed by atoms with E-state index < -0.39 is 11.7 Å². The van der Waals surface area contributed by atoms with E-state index in [-0.39, 0.29) is 5.69 Å². The molecule has 3 aromatic rings. The van der Waals surface area contributed by atoms with Crippen molar-refractivity contribution in [3.05, 3.63) is 47.0 Å². The Morgan fingerprint density at radius 2 is 1.88 bits per heavy atom. The standard InChI is InChI=1S/C17H18N4O3S/c1-17(2,3)24-16(23)19-10-4-6-11(7-5-10)25-12-8-9-18-14-13(12)20-15(22)21-14/h4-9H,1-3H3,(H,19,23)(H2,18,20,21,22). The van der Waals surface area contributed by atoms with E-state index in [4.69, 9.17) is 4.74 Å². The van der Waals surface area contributed by atoms with E-state index >= 15 is 0 Å². The number of anilines is 1. The molecule has 0 fully saturated rings. The molecule has 2 aromatic heterocycles. The summed E-state index contributed by atoms with van der Waals surface area (Å²) in [4.78, 5) is 34.5. The number of carbonyl (C=O) groups is 1. The van der Waals surface area contributed by atoms with Crippen LogP contribution in [0, 0.1) is 0 Å². The van der Waals surface area contributed by atoms with Crippen molar-refractivity contribution in [2.24, 2.45) is 0 Å². The first kappa shape index (κ1) is 17.1. The maximum Gasteiger partial charge on any atom is 0.412 e. The van der Waals surface area contributed by atoms with E-state index in [1.54, 1.807) is 18.3 Å². The monoisotopic (exact) mass is 358 g/mol. The third kappa shape index (κ3) is 4.42. The summed E-state index contributed by atoms with van der Waals surface area (Å²) in [5, 5.41) is 2.69. The van der Waals surface area contributed by atoms with Crippen LogP contribution in [-0.2, 0) is 4.74 Å². The zero-order valence-electron chi connectivity index (χ0n) is 14.0. The van der Waals surface area contributed by atoms with Crippen LogP contribution < -0.4 is 11.0 Å². The van der Waals surface area contributed by atoms with Crippen LogP contribution in [0.2, 0.25) is 0 Å². The second-order valence-corrected chi connectivity index (χ2v) is 7.48. The molecule has 7 nitrogen and oxygen atoms in total. The lowest BCUT2D eigenvalue weighted by Gasteiger charge is -2.19. The third-order valence-corrected chi connectivity index (χ3v) is 4.18. The van der Waals surface area contributed by atoms with Crippen molar-refractivity contribution in [3.8, 4) is 0 Å². The summed E-state index contributed by atoms with van der Waals surface area (Å²) in [5.74, 6) is 0. The maximum absolute atomic E-state index is 11.8. The predicted octanol–water partition coefficient (Wildman–Crippen LogP) is 3.75. The molecule has 0 radical (unpaired) electrons. The van der Waals surface area contributed by atoms with Crippen molar-refractivity contribution in [1.82, 2.24) is 15.0 Å². The molecule has 0 aliphatic carbocycles. The summed E-state index contributed by atoms with van der Waals surface area (Å²) >= 11 is 1.49. The average molecular weight is 358 g/mol. The van der Waals surface area contributed by atoms with Gasteiger partial charge in [-0.25, -0.2) is 14.6 Å². The predicted molar refractivity (Wildman–Crippen MR) is 97.1 cm³/mol. The van der Waals surface area contributed by atoms with Gasteiger partial charge in [-0.05, 0) is 51.1 Å². The Hall–Kier alpha value is -2.74. The molecule has 0 saturated carbocycles. The number of nitrogens with zero attached hydrogens (tertiary/aromatic N) is 1. The van der Waals surface area contributed by atoms with E-state index in [1.807, 2.05) is 39.0 Å². The molecule has 1 amide bonds. The molecule has 0 atom stereocenters. The maximum atomic E-state index is 11.8. The molecule has 0 aliphatic heterocycles. The highest BCUT2D eigenvalue weighted by Gasteiger charge is 2.16. The molecule has 0 bridgehead atoms. The molecule has 8 heteroatoms. The number of carbonyl (C=O) groups excluding carboxylic acids is 1. The Morgan fingerprint density at radius 3 is 2.56 bits per heavy atom. The number of amides is 1. The molecule has 0 spiro atoms. The van der Waals surface area contributed by atoms with Crippen molar-refractivity contribution in [3.63, 3.8) is 0 Å². The van der Waals surface area contributed by atoms with Crippen molar-refractivity contribution in [2.75, 3.05) is 5.32 Å². The number of pyridine rings is 1. The van der Waals surface area contributed by atoms with Gasteiger partial charge in [0.05, 0.1) is 5.52 Å². The van der Waals surface area contributed by atoms with Crippen molar-refractivity contribution < 1.29 is 9.53 Å². The highest BCUT2D eigenvalue weighted by atomic mass is 32.2. The molecule has 2 heterocycles. The molecule has 1 aromatic carbocycles. The summed E-state index contributed by atoms with van der Waals surface area (Å²) in [7, 11) is 0. The van der Waals surface area contributed by atoms with Crippen LogP contribution >= 0.6 is 11.8 Å². The van der Waals surface area contributed by atoms with Gasteiger partial charge in [0.15, 0.2) is 5.65 Å². The van der Waals surface area contributed by atoms with E-state index in [1.165, 1.54) is 11.8 Å². The Bertz CT molecular complexity index is 954. The van der Waals surface area contributed by atoms with E-state index in [9.17, 15) is 9.59 Å². The van der Waals surface area contributed by atoms with Gasteiger partial charge in [0.1, 0.15) is 5.60 Å². The summed E-state index contributed by atoms with van der Waals surface area (Å²) < 4.78 is 5.22. The molecule has 3 rings (SSSR count). The van der Waals surface area contributed by atoms with Crippen LogP contribution in [0.15, 0.2) is 51.1 Å². The van der Waals surface area contributed by atoms with Crippen LogP contribution in [0.5, 0.6) is 0 Å². The molecule has 25 heavy (non-hydrogen) atoms. The number of H-pyrrole nitrogens is 2. The minimum Gasteiger partial charge on any atom is -0.444 e. The van der Waals surface area contributed by atoms with Gasteiger partial charge < -0.3 is 9.72 Å². The van der Waals surface area contributed by atoms with Crippen molar-refractivity contribution >= 4 is 34.7 Å². The number of imidazole rings is 1.